The number of carbonyl (C=O) groups is 2. The van der Waals surface area contributed by atoms with Crippen LogP contribution in [-0.4, -0.2) is 27.8 Å². The first kappa shape index (κ1) is 14.8. The monoisotopic (exact) mass is 286 g/mol. The minimum Gasteiger partial charge on any atom is -0.347 e. The smallest absolute Gasteiger partial charge is 0.251 e. The Hall–Kier alpha value is -2.63. The van der Waals surface area contributed by atoms with Crippen molar-refractivity contribution < 1.29 is 9.59 Å². The molecule has 0 saturated carbocycles. The van der Waals surface area contributed by atoms with Gasteiger partial charge in [0.25, 0.3) is 5.91 Å². The van der Waals surface area contributed by atoms with Crippen LogP contribution < -0.4 is 10.6 Å². The van der Waals surface area contributed by atoms with Crippen LogP contribution in [0.5, 0.6) is 0 Å². The Kier molecular flexibility index (Phi) is 4.71. The van der Waals surface area contributed by atoms with Gasteiger partial charge in [-0.2, -0.15) is 0 Å². The second-order valence-electron chi connectivity index (χ2n) is 4.82. The van der Waals surface area contributed by atoms with Gasteiger partial charge < -0.3 is 15.6 Å². The highest BCUT2D eigenvalue weighted by Crippen LogP contribution is 2.04. The maximum absolute atomic E-state index is 12.0. The third-order valence-corrected chi connectivity index (χ3v) is 3.01. The lowest BCUT2D eigenvalue weighted by atomic mass is 10.1. The molecule has 0 bridgehead atoms. The molecule has 2 aromatic rings. The van der Waals surface area contributed by atoms with E-state index in [2.05, 4.69) is 20.6 Å². The third kappa shape index (κ3) is 4.17. The van der Waals surface area contributed by atoms with Crippen LogP contribution in [-0.2, 0) is 11.3 Å². The molecule has 110 valence electrons. The van der Waals surface area contributed by atoms with Gasteiger partial charge in [0.2, 0.25) is 5.91 Å². The Morgan fingerprint density at radius 1 is 1.38 bits per heavy atom. The summed E-state index contributed by atoms with van der Waals surface area (Å²) in [5.74, 6) is 0.146. The van der Waals surface area contributed by atoms with Crippen molar-refractivity contribution in [3.63, 3.8) is 0 Å². The van der Waals surface area contributed by atoms with Crippen LogP contribution in [0.4, 0.5) is 0 Å². The predicted molar refractivity (Wildman–Crippen MR) is 78.5 cm³/mol. The highest BCUT2D eigenvalue weighted by atomic mass is 16.2. The Bertz CT molecular complexity index is 622. The molecule has 2 rings (SSSR count). The van der Waals surface area contributed by atoms with Gasteiger partial charge in [0.1, 0.15) is 11.9 Å². The molecule has 1 heterocycles. The van der Waals surface area contributed by atoms with Crippen LogP contribution in [0.15, 0.2) is 36.7 Å². The van der Waals surface area contributed by atoms with Crippen LogP contribution in [0.25, 0.3) is 0 Å². The molecule has 2 amide bonds. The molecule has 6 heteroatoms. The number of amides is 2. The topological polar surface area (TPSA) is 86.9 Å². The summed E-state index contributed by atoms with van der Waals surface area (Å²) in [5, 5.41) is 5.38. The lowest BCUT2D eigenvalue weighted by molar-refractivity contribution is -0.122. The van der Waals surface area contributed by atoms with Crippen LogP contribution in [0.2, 0.25) is 0 Å². The van der Waals surface area contributed by atoms with E-state index < -0.39 is 6.04 Å². The van der Waals surface area contributed by atoms with Crippen molar-refractivity contribution in [1.29, 1.82) is 0 Å². The Balaban J connectivity index is 1.86. The molecular formula is C15H18N4O2. The van der Waals surface area contributed by atoms with E-state index >= 15 is 0 Å². The fourth-order valence-electron chi connectivity index (χ4n) is 1.85. The number of carbonyl (C=O) groups excluding carboxylic acids is 2. The summed E-state index contributed by atoms with van der Waals surface area (Å²) in [7, 11) is 0. The van der Waals surface area contributed by atoms with Crippen LogP contribution in [0.1, 0.15) is 28.7 Å². The molecule has 0 saturated heterocycles. The zero-order valence-corrected chi connectivity index (χ0v) is 12.0. The summed E-state index contributed by atoms with van der Waals surface area (Å²) >= 11 is 0. The second kappa shape index (κ2) is 6.69. The number of H-pyrrole nitrogens is 1. The zero-order chi connectivity index (χ0) is 15.2. The van der Waals surface area contributed by atoms with E-state index in [1.807, 2.05) is 19.1 Å². The predicted octanol–water partition coefficient (Wildman–Crippen LogP) is 1.15. The van der Waals surface area contributed by atoms with Gasteiger partial charge in [0.05, 0.1) is 6.54 Å². The van der Waals surface area contributed by atoms with Gasteiger partial charge in [-0.1, -0.05) is 17.7 Å². The Morgan fingerprint density at radius 3 is 2.86 bits per heavy atom. The number of nitrogens with zero attached hydrogens (tertiary/aromatic N) is 1. The number of hydrogen-bond donors (Lipinski definition) is 3. The van der Waals surface area contributed by atoms with Crippen LogP contribution in [0.3, 0.4) is 0 Å². The van der Waals surface area contributed by atoms with Gasteiger partial charge in [-0.05, 0) is 26.0 Å². The summed E-state index contributed by atoms with van der Waals surface area (Å²) < 4.78 is 0. The average Bonchev–Trinajstić information content (AvgIpc) is 2.97. The largest absolute Gasteiger partial charge is 0.347 e. The van der Waals surface area contributed by atoms with Crippen LogP contribution >= 0.6 is 0 Å². The molecule has 1 aromatic carbocycles. The maximum Gasteiger partial charge on any atom is 0.251 e. The van der Waals surface area contributed by atoms with Crippen molar-refractivity contribution >= 4 is 11.8 Å². The zero-order valence-electron chi connectivity index (χ0n) is 12.0. The van der Waals surface area contributed by atoms with E-state index in [0.717, 1.165) is 5.56 Å². The lowest BCUT2D eigenvalue weighted by Crippen LogP contribution is -2.44. The van der Waals surface area contributed by atoms with Crippen molar-refractivity contribution in [2.24, 2.45) is 0 Å². The summed E-state index contributed by atoms with van der Waals surface area (Å²) in [5.41, 5.74) is 1.54. The lowest BCUT2D eigenvalue weighted by Gasteiger charge is -2.13. The van der Waals surface area contributed by atoms with Gasteiger partial charge in [-0.25, -0.2) is 4.98 Å². The first-order valence-electron chi connectivity index (χ1n) is 6.70. The molecule has 0 fully saturated rings. The van der Waals surface area contributed by atoms with Gasteiger partial charge in [0, 0.05) is 18.0 Å². The van der Waals surface area contributed by atoms with Crippen molar-refractivity contribution in [2.45, 2.75) is 26.4 Å². The van der Waals surface area contributed by atoms with Gasteiger partial charge in [-0.15, -0.1) is 0 Å². The number of imidazole rings is 1. The number of aromatic amines is 1. The van der Waals surface area contributed by atoms with Crippen molar-refractivity contribution in [1.82, 2.24) is 20.6 Å². The molecule has 3 N–H and O–H groups in total. The quantitative estimate of drug-likeness (QED) is 0.770. The first-order valence-corrected chi connectivity index (χ1v) is 6.70. The summed E-state index contributed by atoms with van der Waals surface area (Å²) in [4.78, 5) is 30.8. The Labute approximate surface area is 123 Å². The fraction of sp³-hybridized carbons (Fsp3) is 0.267. The molecule has 0 unspecified atom stereocenters. The summed E-state index contributed by atoms with van der Waals surface area (Å²) in [6.45, 7) is 3.86. The average molecular weight is 286 g/mol. The third-order valence-electron chi connectivity index (χ3n) is 3.01. The normalized spacial score (nSPS) is 11.7. The van der Waals surface area contributed by atoms with Crippen LogP contribution in [0, 0.1) is 6.92 Å². The first-order chi connectivity index (χ1) is 10.1. The van der Waals surface area contributed by atoms with Gasteiger partial charge in [0.15, 0.2) is 0 Å². The molecule has 1 atom stereocenters. The van der Waals surface area contributed by atoms with Crippen molar-refractivity contribution in [2.75, 3.05) is 0 Å². The van der Waals surface area contributed by atoms with Gasteiger partial charge >= 0.3 is 0 Å². The minimum absolute atomic E-state index is 0.257. The standard InChI is InChI=1S/C15H18N4O2/c1-10-4-3-5-12(8-10)15(21)19-11(2)14(20)18-9-13-16-6-7-17-13/h3-8,11H,9H2,1-2H3,(H,16,17)(H,18,20)(H,19,21)/t11-/m0/s1. The highest BCUT2D eigenvalue weighted by molar-refractivity contribution is 5.97. The molecule has 21 heavy (non-hydrogen) atoms. The molecule has 0 aliphatic rings. The van der Waals surface area contributed by atoms with E-state index in [4.69, 9.17) is 0 Å². The molecule has 1 aromatic heterocycles. The second-order valence-corrected chi connectivity index (χ2v) is 4.82. The number of nitrogens with one attached hydrogen (secondary N) is 3. The number of rotatable bonds is 5. The molecule has 0 spiro atoms. The van der Waals surface area contributed by atoms with E-state index in [0.29, 0.717) is 17.9 Å². The number of benzene rings is 1. The number of aryl methyl sites for hydroxylation is 1. The van der Waals surface area contributed by atoms with E-state index in [9.17, 15) is 9.59 Å². The maximum atomic E-state index is 12.0. The van der Waals surface area contributed by atoms with E-state index in [1.54, 1.807) is 31.5 Å². The Morgan fingerprint density at radius 2 is 2.19 bits per heavy atom. The fourth-order valence-corrected chi connectivity index (χ4v) is 1.85. The van der Waals surface area contributed by atoms with E-state index in [1.165, 1.54) is 0 Å². The molecule has 0 radical (unpaired) electrons. The SMILES string of the molecule is Cc1cccc(C(=O)N[C@@H](C)C(=O)NCc2ncc[nH]2)c1. The molecule has 0 aliphatic heterocycles. The molecule has 6 nitrogen and oxygen atoms in total. The van der Waals surface area contributed by atoms with E-state index in [-0.39, 0.29) is 11.8 Å². The molecule has 0 aliphatic carbocycles. The summed E-state index contributed by atoms with van der Waals surface area (Å²) in [6, 6.07) is 6.61. The molecular weight excluding hydrogens is 268 g/mol. The summed E-state index contributed by atoms with van der Waals surface area (Å²) in [6.07, 6.45) is 3.30. The minimum atomic E-state index is -0.618. The number of hydrogen-bond acceptors (Lipinski definition) is 3. The number of aromatic nitrogens is 2. The highest BCUT2D eigenvalue weighted by Gasteiger charge is 2.16. The van der Waals surface area contributed by atoms with Gasteiger partial charge in [-0.3, -0.25) is 9.59 Å². The van der Waals surface area contributed by atoms with Crippen molar-refractivity contribution in [3.05, 3.63) is 53.6 Å². The van der Waals surface area contributed by atoms with Crippen molar-refractivity contribution in [3.8, 4) is 0 Å².